The maximum Gasteiger partial charge on any atom is 0.261 e. The number of para-hydroxylation sites is 2. The van der Waals surface area contributed by atoms with Gasteiger partial charge in [-0.2, -0.15) is 0 Å². The SMILES string of the molecule is COc1ccccc1NC(=O)CSc1nnc(NC(=O)c2cc(Cl)ccc2OC)s1. The van der Waals surface area contributed by atoms with Crippen LogP contribution in [0.15, 0.2) is 46.8 Å². The number of methoxy groups -OCH3 is 2. The van der Waals surface area contributed by atoms with E-state index < -0.39 is 5.91 Å². The summed E-state index contributed by atoms with van der Waals surface area (Å²) in [5.74, 6) is 0.463. The summed E-state index contributed by atoms with van der Waals surface area (Å²) in [5.41, 5.74) is 0.872. The second kappa shape index (κ2) is 10.3. The highest BCUT2D eigenvalue weighted by Gasteiger charge is 2.16. The van der Waals surface area contributed by atoms with Crippen LogP contribution in [0.1, 0.15) is 10.4 Å². The number of nitrogens with one attached hydrogen (secondary N) is 2. The fraction of sp³-hybridized carbons (Fsp3) is 0.158. The average molecular weight is 465 g/mol. The number of hydrogen-bond donors (Lipinski definition) is 2. The van der Waals surface area contributed by atoms with Gasteiger partial charge in [-0.05, 0) is 30.3 Å². The Kier molecular flexibility index (Phi) is 7.50. The van der Waals surface area contributed by atoms with Gasteiger partial charge in [-0.15, -0.1) is 10.2 Å². The predicted molar refractivity (Wildman–Crippen MR) is 118 cm³/mol. The third-order valence-corrected chi connectivity index (χ3v) is 5.95. The van der Waals surface area contributed by atoms with E-state index in [0.717, 1.165) is 11.3 Å². The van der Waals surface area contributed by atoms with Crippen molar-refractivity contribution in [3.05, 3.63) is 53.1 Å². The van der Waals surface area contributed by atoms with Crippen LogP contribution in [0.25, 0.3) is 0 Å². The first-order valence-corrected chi connectivity index (χ1v) is 10.7. The van der Waals surface area contributed by atoms with E-state index in [9.17, 15) is 9.59 Å². The second-order valence-corrected chi connectivity index (χ2v) is 8.35. The minimum Gasteiger partial charge on any atom is -0.496 e. The first-order valence-electron chi connectivity index (χ1n) is 8.54. The van der Waals surface area contributed by atoms with Crippen molar-refractivity contribution in [3.63, 3.8) is 0 Å². The van der Waals surface area contributed by atoms with Gasteiger partial charge in [-0.1, -0.05) is 46.8 Å². The zero-order valence-electron chi connectivity index (χ0n) is 16.0. The van der Waals surface area contributed by atoms with Gasteiger partial charge in [0.25, 0.3) is 5.91 Å². The van der Waals surface area contributed by atoms with E-state index in [-0.39, 0.29) is 17.2 Å². The Hall–Kier alpha value is -2.82. The fourth-order valence-electron chi connectivity index (χ4n) is 2.40. The lowest BCUT2D eigenvalue weighted by atomic mass is 10.2. The number of hydrogen-bond acceptors (Lipinski definition) is 8. The average Bonchev–Trinajstić information content (AvgIpc) is 3.20. The van der Waals surface area contributed by atoms with Gasteiger partial charge >= 0.3 is 0 Å². The maximum atomic E-state index is 12.5. The number of carbonyl (C=O) groups is 2. The first kappa shape index (κ1) is 21.9. The summed E-state index contributed by atoms with van der Waals surface area (Å²) in [7, 11) is 3.01. The molecule has 0 saturated heterocycles. The summed E-state index contributed by atoms with van der Waals surface area (Å²) in [5, 5.41) is 14.1. The Balaban J connectivity index is 1.57. The second-order valence-electron chi connectivity index (χ2n) is 5.71. The summed E-state index contributed by atoms with van der Waals surface area (Å²) < 4.78 is 10.9. The van der Waals surface area contributed by atoms with Crippen LogP contribution >= 0.6 is 34.7 Å². The van der Waals surface area contributed by atoms with Crippen molar-refractivity contribution < 1.29 is 19.1 Å². The molecule has 2 aromatic carbocycles. The first-order chi connectivity index (χ1) is 14.5. The molecule has 0 aliphatic rings. The molecule has 0 radical (unpaired) electrons. The molecule has 156 valence electrons. The Morgan fingerprint density at radius 1 is 1.07 bits per heavy atom. The number of benzene rings is 2. The molecule has 11 heteroatoms. The van der Waals surface area contributed by atoms with Crippen molar-refractivity contribution in [1.29, 1.82) is 0 Å². The molecule has 0 bridgehead atoms. The molecule has 3 rings (SSSR count). The van der Waals surface area contributed by atoms with E-state index in [2.05, 4.69) is 20.8 Å². The summed E-state index contributed by atoms with van der Waals surface area (Å²) in [6, 6.07) is 11.9. The van der Waals surface area contributed by atoms with Crippen LogP contribution in [-0.4, -0.2) is 42.0 Å². The molecular weight excluding hydrogens is 448 g/mol. The number of ether oxygens (including phenoxy) is 2. The summed E-state index contributed by atoms with van der Waals surface area (Å²) in [6.07, 6.45) is 0. The lowest BCUT2D eigenvalue weighted by Crippen LogP contribution is -2.14. The highest BCUT2D eigenvalue weighted by atomic mass is 35.5. The van der Waals surface area contributed by atoms with Crippen LogP contribution in [0.3, 0.4) is 0 Å². The number of thioether (sulfide) groups is 1. The van der Waals surface area contributed by atoms with Crippen molar-refractivity contribution in [2.24, 2.45) is 0 Å². The summed E-state index contributed by atoms with van der Waals surface area (Å²) in [6.45, 7) is 0. The van der Waals surface area contributed by atoms with E-state index >= 15 is 0 Å². The lowest BCUT2D eigenvalue weighted by molar-refractivity contribution is -0.113. The molecule has 2 N–H and O–H groups in total. The minimum absolute atomic E-state index is 0.128. The van der Waals surface area contributed by atoms with Crippen LogP contribution in [0.5, 0.6) is 11.5 Å². The molecular formula is C19H17ClN4O4S2. The Labute approximate surface area is 185 Å². The zero-order valence-corrected chi connectivity index (χ0v) is 18.4. The zero-order chi connectivity index (χ0) is 21.5. The quantitative estimate of drug-likeness (QED) is 0.380. The number of aromatic nitrogens is 2. The molecule has 0 saturated carbocycles. The Morgan fingerprint density at radius 3 is 2.60 bits per heavy atom. The van der Waals surface area contributed by atoms with Crippen molar-refractivity contribution >= 4 is 57.3 Å². The van der Waals surface area contributed by atoms with Gasteiger partial charge in [0.15, 0.2) is 4.34 Å². The molecule has 0 aliphatic heterocycles. The van der Waals surface area contributed by atoms with E-state index in [1.165, 1.54) is 32.0 Å². The fourth-order valence-corrected chi connectivity index (χ4v) is 4.12. The van der Waals surface area contributed by atoms with Gasteiger partial charge < -0.3 is 14.8 Å². The van der Waals surface area contributed by atoms with Crippen molar-refractivity contribution in [1.82, 2.24) is 10.2 Å². The van der Waals surface area contributed by atoms with Crippen LogP contribution in [0, 0.1) is 0 Å². The van der Waals surface area contributed by atoms with Gasteiger partial charge in [0.1, 0.15) is 11.5 Å². The monoisotopic (exact) mass is 464 g/mol. The number of amides is 2. The predicted octanol–water partition coefficient (Wildman–Crippen LogP) is 4.19. The molecule has 3 aromatic rings. The summed E-state index contributed by atoms with van der Waals surface area (Å²) in [4.78, 5) is 24.7. The molecule has 0 fully saturated rings. The molecule has 8 nitrogen and oxygen atoms in total. The Morgan fingerprint density at radius 2 is 1.83 bits per heavy atom. The number of nitrogens with zero attached hydrogens (tertiary/aromatic N) is 2. The van der Waals surface area contributed by atoms with Crippen LogP contribution in [-0.2, 0) is 4.79 Å². The standard InChI is InChI=1S/C19H17ClN4O4S2/c1-27-14-8-7-11(20)9-12(14)17(26)22-18-23-24-19(30-18)29-10-16(25)21-13-5-3-4-6-15(13)28-2/h3-9H,10H2,1-2H3,(H,21,25)(H,22,23,26). The van der Waals surface area contributed by atoms with E-state index in [4.69, 9.17) is 21.1 Å². The largest absolute Gasteiger partial charge is 0.496 e. The van der Waals surface area contributed by atoms with Gasteiger partial charge in [0.2, 0.25) is 11.0 Å². The van der Waals surface area contributed by atoms with Gasteiger partial charge in [0, 0.05) is 5.02 Å². The maximum absolute atomic E-state index is 12.5. The molecule has 30 heavy (non-hydrogen) atoms. The molecule has 0 aliphatic carbocycles. The highest BCUT2D eigenvalue weighted by Crippen LogP contribution is 2.28. The molecule has 1 aromatic heterocycles. The topological polar surface area (TPSA) is 102 Å². The number of anilines is 2. The van der Waals surface area contributed by atoms with Gasteiger partial charge in [-0.3, -0.25) is 14.9 Å². The number of rotatable bonds is 8. The normalized spacial score (nSPS) is 10.4. The van der Waals surface area contributed by atoms with Crippen LogP contribution in [0.4, 0.5) is 10.8 Å². The van der Waals surface area contributed by atoms with Crippen molar-refractivity contribution in [2.45, 2.75) is 4.34 Å². The molecule has 0 atom stereocenters. The van der Waals surface area contributed by atoms with E-state index in [0.29, 0.717) is 31.7 Å². The Bertz CT molecular complexity index is 1060. The smallest absolute Gasteiger partial charge is 0.261 e. The van der Waals surface area contributed by atoms with Gasteiger partial charge in [-0.25, -0.2) is 0 Å². The highest BCUT2D eigenvalue weighted by molar-refractivity contribution is 8.01. The molecule has 1 heterocycles. The summed E-state index contributed by atoms with van der Waals surface area (Å²) >= 11 is 8.33. The molecule has 0 unspecified atom stereocenters. The van der Waals surface area contributed by atoms with Gasteiger partial charge in [0.05, 0.1) is 31.2 Å². The third-order valence-electron chi connectivity index (χ3n) is 3.74. The number of carbonyl (C=O) groups excluding carboxylic acids is 2. The minimum atomic E-state index is -0.420. The lowest BCUT2D eigenvalue weighted by Gasteiger charge is -2.09. The molecule has 2 amide bonds. The van der Waals surface area contributed by atoms with Crippen molar-refractivity contribution in [2.75, 3.05) is 30.6 Å². The van der Waals surface area contributed by atoms with E-state index in [1.54, 1.807) is 30.3 Å². The van der Waals surface area contributed by atoms with Crippen LogP contribution < -0.4 is 20.1 Å². The third kappa shape index (κ3) is 5.62. The molecule has 0 spiro atoms. The van der Waals surface area contributed by atoms with Crippen molar-refractivity contribution in [3.8, 4) is 11.5 Å². The number of halogens is 1. The van der Waals surface area contributed by atoms with E-state index in [1.807, 2.05) is 6.07 Å². The van der Waals surface area contributed by atoms with Crippen LogP contribution in [0.2, 0.25) is 5.02 Å².